The molecule has 21 heavy (non-hydrogen) atoms. The maximum Gasteiger partial charge on any atom is 0.252 e. The maximum atomic E-state index is 12.1. The van der Waals surface area contributed by atoms with Crippen LogP contribution in [0.5, 0.6) is 0 Å². The van der Waals surface area contributed by atoms with Crippen LogP contribution in [-0.4, -0.2) is 36.1 Å². The summed E-state index contributed by atoms with van der Waals surface area (Å²) in [5.41, 5.74) is 1.91. The van der Waals surface area contributed by atoms with Gasteiger partial charge in [-0.3, -0.25) is 9.59 Å². The number of aliphatic hydroxyl groups is 1. The topological polar surface area (TPSA) is 78.4 Å². The molecular weight excluding hydrogens is 268 g/mol. The van der Waals surface area contributed by atoms with Gasteiger partial charge >= 0.3 is 0 Å². The Morgan fingerprint density at radius 3 is 2.67 bits per heavy atom. The zero-order valence-corrected chi connectivity index (χ0v) is 12.5. The van der Waals surface area contributed by atoms with Gasteiger partial charge in [0.25, 0.3) is 5.91 Å². The van der Waals surface area contributed by atoms with Gasteiger partial charge in [0.15, 0.2) is 0 Å². The Bertz CT molecular complexity index is 583. The van der Waals surface area contributed by atoms with Crippen molar-refractivity contribution in [2.24, 2.45) is 0 Å². The van der Waals surface area contributed by atoms with Crippen molar-refractivity contribution in [3.8, 4) is 11.8 Å². The average molecular weight is 288 g/mol. The SMILES string of the molecule is Cc1ccc(C#CCO)cc1C(=O)NCC(=O)NC(C)C. The molecule has 0 aliphatic heterocycles. The number of hydrogen-bond donors (Lipinski definition) is 3. The molecule has 1 rings (SSSR count). The molecule has 0 saturated carbocycles. The number of carbonyl (C=O) groups excluding carboxylic acids is 2. The number of carbonyl (C=O) groups is 2. The number of amides is 2. The number of aryl methyl sites for hydroxylation is 1. The summed E-state index contributed by atoms with van der Waals surface area (Å²) in [6.07, 6.45) is 0. The van der Waals surface area contributed by atoms with Crippen LogP contribution < -0.4 is 10.6 Å². The first kappa shape index (κ1) is 16.7. The van der Waals surface area contributed by atoms with Gasteiger partial charge in [-0.1, -0.05) is 17.9 Å². The van der Waals surface area contributed by atoms with Gasteiger partial charge in [-0.15, -0.1) is 0 Å². The second kappa shape index (κ2) is 8.08. The molecule has 0 fully saturated rings. The Hall–Kier alpha value is -2.32. The summed E-state index contributed by atoms with van der Waals surface area (Å²) in [7, 11) is 0. The van der Waals surface area contributed by atoms with E-state index in [-0.39, 0.29) is 31.0 Å². The molecule has 2 amide bonds. The molecule has 0 atom stereocenters. The summed E-state index contributed by atoms with van der Waals surface area (Å²) in [5.74, 6) is 4.73. The predicted molar refractivity (Wildman–Crippen MR) is 80.8 cm³/mol. The molecule has 0 spiro atoms. The Balaban J connectivity index is 2.75. The summed E-state index contributed by atoms with van der Waals surface area (Å²) >= 11 is 0. The summed E-state index contributed by atoms with van der Waals surface area (Å²) < 4.78 is 0. The number of benzene rings is 1. The Labute approximate surface area is 124 Å². The molecular formula is C16H20N2O3. The van der Waals surface area contributed by atoms with E-state index in [1.807, 2.05) is 20.8 Å². The normalized spacial score (nSPS) is 9.76. The van der Waals surface area contributed by atoms with Crippen LogP contribution in [0.2, 0.25) is 0 Å². The van der Waals surface area contributed by atoms with Gasteiger partial charge in [0.05, 0.1) is 6.54 Å². The van der Waals surface area contributed by atoms with Crippen molar-refractivity contribution in [1.29, 1.82) is 0 Å². The average Bonchev–Trinajstić information content (AvgIpc) is 2.43. The highest BCUT2D eigenvalue weighted by Gasteiger charge is 2.11. The van der Waals surface area contributed by atoms with Crippen molar-refractivity contribution in [2.45, 2.75) is 26.8 Å². The molecule has 1 aromatic rings. The molecule has 5 nitrogen and oxygen atoms in total. The van der Waals surface area contributed by atoms with Crippen molar-refractivity contribution < 1.29 is 14.7 Å². The minimum Gasteiger partial charge on any atom is -0.384 e. The van der Waals surface area contributed by atoms with E-state index in [1.165, 1.54) is 0 Å². The van der Waals surface area contributed by atoms with Crippen molar-refractivity contribution in [2.75, 3.05) is 13.2 Å². The molecule has 0 radical (unpaired) electrons. The lowest BCUT2D eigenvalue weighted by Crippen LogP contribution is -2.40. The van der Waals surface area contributed by atoms with Crippen LogP contribution in [0.4, 0.5) is 0 Å². The number of nitrogens with one attached hydrogen (secondary N) is 2. The quantitative estimate of drug-likeness (QED) is 0.710. The van der Waals surface area contributed by atoms with E-state index in [0.717, 1.165) is 5.56 Å². The summed E-state index contributed by atoms with van der Waals surface area (Å²) in [6.45, 7) is 5.22. The lowest BCUT2D eigenvalue weighted by molar-refractivity contribution is -0.120. The predicted octanol–water partition coefficient (Wildman–Crippen LogP) is 0.593. The zero-order chi connectivity index (χ0) is 15.8. The highest BCUT2D eigenvalue weighted by molar-refractivity contribution is 5.98. The highest BCUT2D eigenvalue weighted by Crippen LogP contribution is 2.10. The second-order valence-electron chi connectivity index (χ2n) is 4.89. The summed E-state index contributed by atoms with van der Waals surface area (Å²) in [5, 5.41) is 14.0. The van der Waals surface area contributed by atoms with Crippen LogP contribution in [0.3, 0.4) is 0 Å². The van der Waals surface area contributed by atoms with E-state index in [9.17, 15) is 9.59 Å². The largest absolute Gasteiger partial charge is 0.384 e. The molecule has 0 heterocycles. The minimum absolute atomic E-state index is 0.0354. The lowest BCUT2D eigenvalue weighted by atomic mass is 10.0. The van der Waals surface area contributed by atoms with E-state index < -0.39 is 0 Å². The summed E-state index contributed by atoms with van der Waals surface area (Å²) in [6, 6.07) is 5.24. The second-order valence-corrected chi connectivity index (χ2v) is 4.89. The summed E-state index contributed by atoms with van der Waals surface area (Å²) in [4.78, 5) is 23.6. The minimum atomic E-state index is -0.320. The lowest BCUT2D eigenvalue weighted by Gasteiger charge is -2.10. The van der Waals surface area contributed by atoms with Crippen LogP contribution in [0.1, 0.15) is 35.3 Å². The Morgan fingerprint density at radius 1 is 1.33 bits per heavy atom. The highest BCUT2D eigenvalue weighted by atomic mass is 16.2. The molecule has 0 bridgehead atoms. The standard InChI is InChI=1S/C16H20N2O3/c1-11(2)18-15(20)10-17-16(21)14-9-13(5-4-8-19)7-6-12(14)3/h6-7,9,11,19H,8,10H2,1-3H3,(H,17,21)(H,18,20). The van der Waals surface area contributed by atoms with Gasteiger partial charge in [-0.2, -0.15) is 0 Å². The van der Waals surface area contributed by atoms with Crippen molar-refractivity contribution in [1.82, 2.24) is 10.6 Å². The third kappa shape index (κ3) is 5.67. The molecule has 3 N–H and O–H groups in total. The van der Waals surface area contributed by atoms with Crippen LogP contribution >= 0.6 is 0 Å². The zero-order valence-electron chi connectivity index (χ0n) is 12.5. The fourth-order valence-corrected chi connectivity index (χ4v) is 1.71. The smallest absolute Gasteiger partial charge is 0.252 e. The Morgan fingerprint density at radius 2 is 2.05 bits per heavy atom. The van der Waals surface area contributed by atoms with Gasteiger partial charge in [0.1, 0.15) is 6.61 Å². The third-order valence-corrected chi connectivity index (χ3v) is 2.65. The maximum absolute atomic E-state index is 12.1. The molecule has 112 valence electrons. The van der Waals surface area contributed by atoms with Gasteiger partial charge in [-0.05, 0) is 38.5 Å². The van der Waals surface area contributed by atoms with E-state index in [2.05, 4.69) is 22.5 Å². The van der Waals surface area contributed by atoms with Crippen LogP contribution in [0.25, 0.3) is 0 Å². The van der Waals surface area contributed by atoms with E-state index in [1.54, 1.807) is 18.2 Å². The molecule has 5 heteroatoms. The molecule has 0 aliphatic carbocycles. The number of rotatable bonds is 4. The van der Waals surface area contributed by atoms with Crippen LogP contribution in [0.15, 0.2) is 18.2 Å². The van der Waals surface area contributed by atoms with Gasteiger partial charge in [0.2, 0.25) is 5.91 Å². The molecule has 0 aromatic heterocycles. The van der Waals surface area contributed by atoms with Crippen LogP contribution in [-0.2, 0) is 4.79 Å². The number of hydrogen-bond acceptors (Lipinski definition) is 3. The Kier molecular flexibility index (Phi) is 6.44. The van der Waals surface area contributed by atoms with E-state index >= 15 is 0 Å². The van der Waals surface area contributed by atoms with E-state index in [0.29, 0.717) is 11.1 Å². The molecule has 0 aliphatic rings. The molecule has 0 unspecified atom stereocenters. The first-order valence-corrected chi connectivity index (χ1v) is 6.72. The van der Waals surface area contributed by atoms with Crippen LogP contribution in [0, 0.1) is 18.8 Å². The van der Waals surface area contributed by atoms with Gasteiger partial charge in [0, 0.05) is 17.2 Å². The van der Waals surface area contributed by atoms with E-state index in [4.69, 9.17) is 5.11 Å². The monoisotopic (exact) mass is 288 g/mol. The van der Waals surface area contributed by atoms with Gasteiger partial charge < -0.3 is 15.7 Å². The third-order valence-electron chi connectivity index (χ3n) is 2.65. The van der Waals surface area contributed by atoms with Crippen molar-refractivity contribution >= 4 is 11.8 Å². The fraction of sp³-hybridized carbons (Fsp3) is 0.375. The first-order valence-electron chi connectivity index (χ1n) is 6.72. The fourth-order valence-electron chi connectivity index (χ4n) is 1.71. The van der Waals surface area contributed by atoms with Gasteiger partial charge in [-0.25, -0.2) is 0 Å². The van der Waals surface area contributed by atoms with Crippen molar-refractivity contribution in [3.63, 3.8) is 0 Å². The molecule has 0 saturated heterocycles. The number of aliphatic hydroxyl groups excluding tert-OH is 1. The van der Waals surface area contributed by atoms with Crippen molar-refractivity contribution in [3.05, 3.63) is 34.9 Å². The molecule has 1 aromatic carbocycles. The first-order chi connectivity index (χ1) is 9.93.